The maximum Gasteiger partial charge on any atom is 0.306 e. The van der Waals surface area contributed by atoms with E-state index < -0.39 is 6.10 Å². The molecule has 400 valence electrons. The molecule has 0 aliphatic carbocycles. The Kier molecular flexibility index (Phi) is 54.9. The minimum absolute atomic E-state index is 0.102. The van der Waals surface area contributed by atoms with Crippen LogP contribution in [0.4, 0.5) is 0 Å². The molecule has 0 fully saturated rings. The summed E-state index contributed by atoms with van der Waals surface area (Å²) in [5.41, 5.74) is 0. The monoisotopic (exact) mass is 973 g/mol. The van der Waals surface area contributed by atoms with Crippen LogP contribution in [0.3, 0.4) is 0 Å². The zero-order valence-corrected chi connectivity index (χ0v) is 45.8. The first-order valence-electron chi connectivity index (χ1n) is 29.2. The summed E-state index contributed by atoms with van der Waals surface area (Å²) >= 11 is 0. The van der Waals surface area contributed by atoms with Crippen LogP contribution >= 0.6 is 0 Å². The highest BCUT2D eigenvalue weighted by atomic mass is 16.6. The quantitative estimate of drug-likeness (QED) is 0.0262. The second-order valence-electron chi connectivity index (χ2n) is 19.2. The summed E-state index contributed by atoms with van der Waals surface area (Å²) in [6.45, 7) is 6.46. The van der Waals surface area contributed by atoms with Crippen molar-refractivity contribution in [2.45, 2.75) is 277 Å². The van der Waals surface area contributed by atoms with Crippen LogP contribution in [0.25, 0.3) is 0 Å². The summed E-state index contributed by atoms with van der Waals surface area (Å²) in [5, 5.41) is 0. The first kappa shape index (κ1) is 66.3. The minimum Gasteiger partial charge on any atom is -0.462 e. The number of carbonyl (C=O) groups is 3. The lowest BCUT2D eigenvalue weighted by molar-refractivity contribution is -0.167. The zero-order valence-electron chi connectivity index (χ0n) is 45.8. The number of hydrogen-bond donors (Lipinski definition) is 0. The number of ether oxygens (including phenoxy) is 3. The standard InChI is InChI=1S/C64H108O6/c1-4-7-10-13-16-19-22-25-28-31-32-34-36-39-42-45-48-51-54-57-63(66)69-60-61(59-68-62(65)56-53-50-47-44-41-38-35-30-27-24-21-18-15-12-9-6-3)70-64(67)58-55-52-49-46-43-40-37-33-29-26-23-20-17-14-11-8-5-2/h7,10,16-17,19-20,25-26,28-29,32,34,37,40,46,49,61H,4-6,8-9,11-15,18,21-24,27,30-31,33,35-36,38-39,41-45,47-48,50-60H2,1-3H3/b10-7-,19-16-,20-17-,28-25-,29-26-,34-32-,40-37-,49-46-. The third-order valence-electron chi connectivity index (χ3n) is 12.3. The van der Waals surface area contributed by atoms with Crippen LogP contribution in [0, 0.1) is 0 Å². The predicted octanol–water partition coefficient (Wildman–Crippen LogP) is 19.7. The summed E-state index contributed by atoms with van der Waals surface area (Å²) in [5.74, 6) is -0.968. The third-order valence-corrected chi connectivity index (χ3v) is 12.3. The summed E-state index contributed by atoms with van der Waals surface area (Å²) in [7, 11) is 0. The minimum atomic E-state index is -0.812. The molecule has 1 unspecified atom stereocenters. The number of hydrogen-bond acceptors (Lipinski definition) is 6. The normalized spacial score (nSPS) is 12.8. The molecule has 0 saturated carbocycles. The highest BCUT2D eigenvalue weighted by molar-refractivity contribution is 5.71. The number of rotatable bonds is 52. The van der Waals surface area contributed by atoms with Gasteiger partial charge in [-0.2, -0.15) is 0 Å². The van der Waals surface area contributed by atoms with Gasteiger partial charge >= 0.3 is 17.9 Å². The molecule has 1 atom stereocenters. The number of allylic oxidation sites excluding steroid dienone is 16. The Morgan fingerprint density at radius 1 is 0.300 bits per heavy atom. The second-order valence-corrected chi connectivity index (χ2v) is 19.2. The van der Waals surface area contributed by atoms with E-state index in [1.54, 1.807) is 0 Å². The van der Waals surface area contributed by atoms with Gasteiger partial charge in [0.2, 0.25) is 0 Å². The van der Waals surface area contributed by atoms with Crippen LogP contribution in [0.2, 0.25) is 0 Å². The van der Waals surface area contributed by atoms with Gasteiger partial charge in [-0.05, 0) is 96.3 Å². The topological polar surface area (TPSA) is 78.9 Å². The van der Waals surface area contributed by atoms with Gasteiger partial charge in [0.15, 0.2) is 6.10 Å². The molecule has 0 aliphatic heterocycles. The first-order chi connectivity index (χ1) is 34.5. The van der Waals surface area contributed by atoms with Crippen molar-refractivity contribution in [2.75, 3.05) is 13.2 Å². The average Bonchev–Trinajstić information content (AvgIpc) is 3.36. The van der Waals surface area contributed by atoms with E-state index in [0.717, 1.165) is 103 Å². The Bertz CT molecular complexity index is 1400. The smallest absolute Gasteiger partial charge is 0.306 e. The van der Waals surface area contributed by atoms with Crippen LogP contribution in [0.1, 0.15) is 271 Å². The second kappa shape index (κ2) is 57.9. The fourth-order valence-electron chi connectivity index (χ4n) is 7.96. The van der Waals surface area contributed by atoms with Gasteiger partial charge in [-0.1, -0.05) is 253 Å². The van der Waals surface area contributed by atoms with E-state index in [2.05, 4.69) is 118 Å². The molecule has 6 heteroatoms. The molecule has 0 aromatic heterocycles. The summed E-state index contributed by atoms with van der Waals surface area (Å²) < 4.78 is 16.8. The van der Waals surface area contributed by atoms with Crippen molar-refractivity contribution in [1.82, 2.24) is 0 Å². The lowest BCUT2D eigenvalue weighted by atomic mass is 10.0. The summed E-state index contributed by atoms with van der Waals surface area (Å²) in [4.78, 5) is 38.2. The molecule has 0 saturated heterocycles. The molecule has 0 rings (SSSR count). The largest absolute Gasteiger partial charge is 0.462 e. The van der Waals surface area contributed by atoms with Gasteiger partial charge in [-0.3, -0.25) is 14.4 Å². The van der Waals surface area contributed by atoms with Crippen molar-refractivity contribution in [1.29, 1.82) is 0 Å². The van der Waals surface area contributed by atoms with E-state index >= 15 is 0 Å². The average molecular weight is 974 g/mol. The summed E-state index contributed by atoms with van der Waals surface area (Å²) in [6, 6.07) is 0. The van der Waals surface area contributed by atoms with E-state index in [-0.39, 0.29) is 37.5 Å². The van der Waals surface area contributed by atoms with Crippen molar-refractivity contribution in [3.05, 3.63) is 97.2 Å². The molecule has 70 heavy (non-hydrogen) atoms. The molecule has 0 amide bonds. The van der Waals surface area contributed by atoms with E-state index in [4.69, 9.17) is 14.2 Å². The maximum absolute atomic E-state index is 12.8. The SMILES string of the molecule is CC/C=C\C/C=C\C/C=C\C/C=C\CCCCCCCCC(=O)OCC(COC(=O)CCCCCCCCCCCCCCCCCC)OC(=O)CCC/C=C\C/C=C\C/C=C\C/C=C\CCCCC. The fraction of sp³-hybridized carbons (Fsp3) is 0.703. The Balaban J connectivity index is 4.49. The molecule has 0 aromatic carbocycles. The number of esters is 3. The van der Waals surface area contributed by atoms with E-state index in [1.807, 2.05) is 0 Å². The fourth-order valence-corrected chi connectivity index (χ4v) is 7.96. The van der Waals surface area contributed by atoms with Crippen LogP contribution in [-0.4, -0.2) is 37.2 Å². The lowest BCUT2D eigenvalue weighted by Gasteiger charge is -2.18. The Morgan fingerprint density at radius 3 is 0.943 bits per heavy atom. The van der Waals surface area contributed by atoms with Gasteiger partial charge in [0.05, 0.1) is 0 Å². The van der Waals surface area contributed by atoms with Gasteiger partial charge in [0, 0.05) is 19.3 Å². The van der Waals surface area contributed by atoms with Crippen LogP contribution < -0.4 is 0 Å². The molecule has 0 heterocycles. The molecule has 0 aliphatic rings. The lowest BCUT2D eigenvalue weighted by Crippen LogP contribution is -2.30. The van der Waals surface area contributed by atoms with Gasteiger partial charge in [-0.15, -0.1) is 0 Å². The van der Waals surface area contributed by atoms with Crippen LogP contribution in [-0.2, 0) is 28.6 Å². The summed E-state index contributed by atoms with van der Waals surface area (Å²) in [6.07, 6.45) is 76.8. The van der Waals surface area contributed by atoms with Gasteiger partial charge in [0.1, 0.15) is 13.2 Å². The van der Waals surface area contributed by atoms with Crippen molar-refractivity contribution >= 4 is 17.9 Å². The molecule has 0 aromatic rings. The van der Waals surface area contributed by atoms with Crippen molar-refractivity contribution < 1.29 is 28.6 Å². The molecular formula is C64H108O6. The molecule has 0 radical (unpaired) electrons. The number of carbonyl (C=O) groups excluding carboxylic acids is 3. The number of unbranched alkanes of at least 4 members (excludes halogenated alkanes) is 25. The predicted molar refractivity (Wildman–Crippen MR) is 302 cm³/mol. The van der Waals surface area contributed by atoms with Crippen LogP contribution in [0.5, 0.6) is 0 Å². The Morgan fingerprint density at radius 2 is 0.571 bits per heavy atom. The third kappa shape index (κ3) is 55.3. The zero-order chi connectivity index (χ0) is 50.7. The molecule has 0 bridgehead atoms. The van der Waals surface area contributed by atoms with Gasteiger partial charge in [-0.25, -0.2) is 0 Å². The van der Waals surface area contributed by atoms with Crippen molar-refractivity contribution in [3.63, 3.8) is 0 Å². The van der Waals surface area contributed by atoms with E-state index in [0.29, 0.717) is 19.3 Å². The molecule has 0 N–H and O–H groups in total. The Hall–Kier alpha value is -3.67. The highest BCUT2D eigenvalue weighted by Gasteiger charge is 2.19. The van der Waals surface area contributed by atoms with Gasteiger partial charge in [0.25, 0.3) is 0 Å². The maximum atomic E-state index is 12.8. The van der Waals surface area contributed by atoms with Crippen molar-refractivity contribution in [3.8, 4) is 0 Å². The van der Waals surface area contributed by atoms with E-state index in [9.17, 15) is 14.4 Å². The van der Waals surface area contributed by atoms with Crippen molar-refractivity contribution in [2.24, 2.45) is 0 Å². The molecule has 6 nitrogen and oxygen atoms in total. The van der Waals surface area contributed by atoms with Crippen LogP contribution in [0.15, 0.2) is 97.2 Å². The first-order valence-corrected chi connectivity index (χ1v) is 29.2. The van der Waals surface area contributed by atoms with Gasteiger partial charge < -0.3 is 14.2 Å². The van der Waals surface area contributed by atoms with E-state index in [1.165, 1.54) is 122 Å². The molecule has 0 spiro atoms. The Labute approximate surface area is 432 Å². The highest BCUT2D eigenvalue weighted by Crippen LogP contribution is 2.15. The molecular weight excluding hydrogens is 865 g/mol.